The minimum atomic E-state index is -1.15. The Labute approximate surface area is 69.6 Å². The molecule has 0 aliphatic rings. The van der Waals surface area contributed by atoms with Crippen molar-refractivity contribution in [1.29, 1.82) is 0 Å². The van der Waals surface area contributed by atoms with Gasteiger partial charge in [0.25, 0.3) is 0 Å². The van der Waals surface area contributed by atoms with Gasteiger partial charge in [-0.2, -0.15) is 0 Å². The molecule has 1 aromatic rings. The van der Waals surface area contributed by atoms with Crippen molar-refractivity contribution in [2.75, 3.05) is 0 Å². The maximum atomic E-state index is 12.5. The van der Waals surface area contributed by atoms with E-state index in [0.29, 0.717) is 17.4 Å². The number of benzene rings is 1. The van der Waals surface area contributed by atoms with Crippen molar-refractivity contribution in [2.45, 2.75) is 13.0 Å². The van der Waals surface area contributed by atoms with E-state index in [0.717, 1.165) is 0 Å². The number of aliphatic hydroxyl groups excluding tert-OH is 1. The van der Waals surface area contributed by atoms with Crippen molar-refractivity contribution < 1.29 is 14.3 Å². The lowest BCUT2D eigenvalue weighted by atomic mass is 10.0. The van der Waals surface area contributed by atoms with Gasteiger partial charge in [0.15, 0.2) is 6.29 Å². The summed E-state index contributed by atoms with van der Waals surface area (Å²) in [5.74, 6) is -0.366. The Bertz CT molecular complexity index is 297. The number of hydrogen-bond donors (Lipinski definition) is 1. The Kier molecular flexibility index (Phi) is 2.55. The summed E-state index contributed by atoms with van der Waals surface area (Å²) in [7, 11) is 0. The summed E-state index contributed by atoms with van der Waals surface area (Å²) in [6.07, 6.45) is -0.731. The van der Waals surface area contributed by atoms with E-state index in [1.807, 2.05) is 0 Å². The van der Waals surface area contributed by atoms with Crippen molar-refractivity contribution in [3.05, 3.63) is 35.1 Å². The number of aliphatic hydroxyl groups is 1. The third-order valence-electron chi connectivity index (χ3n) is 1.68. The van der Waals surface area contributed by atoms with Gasteiger partial charge >= 0.3 is 0 Å². The van der Waals surface area contributed by atoms with E-state index in [-0.39, 0.29) is 5.82 Å². The van der Waals surface area contributed by atoms with Gasteiger partial charge in [0.2, 0.25) is 0 Å². The van der Waals surface area contributed by atoms with Crippen LogP contribution in [0.25, 0.3) is 0 Å². The van der Waals surface area contributed by atoms with Gasteiger partial charge in [-0.05, 0) is 30.2 Å². The van der Waals surface area contributed by atoms with E-state index < -0.39 is 6.10 Å². The van der Waals surface area contributed by atoms with Gasteiger partial charge in [-0.15, -0.1) is 0 Å². The van der Waals surface area contributed by atoms with Crippen molar-refractivity contribution in [1.82, 2.24) is 0 Å². The molecule has 0 saturated heterocycles. The van der Waals surface area contributed by atoms with E-state index in [9.17, 15) is 9.18 Å². The Hall–Kier alpha value is -1.22. The molecule has 2 nitrogen and oxygen atoms in total. The molecule has 1 atom stereocenters. The summed E-state index contributed by atoms with van der Waals surface area (Å²) in [4.78, 5) is 10.2. The van der Waals surface area contributed by atoms with Crippen molar-refractivity contribution in [2.24, 2.45) is 0 Å². The minimum Gasteiger partial charge on any atom is -0.381 e. The summed E-state index contributed by atoms with van der Waals surface area (Å²) >= 11 is 0. The molecule has 1 aromatic carbocycles. The second kappa shape index (κ2) is 3.45. The number of carbonyl (C=O) groups excluding carboxylic acids is 1. The van der Waals surface area contributed by atoms with Crippen molar-refractivity contribution in [3.8, 4) is 0 Å². The lowest BCUT2D eigenvalue weighted by Gasteiger charge is -2.06. The van der Waals surface area contributed by atoms with Crippen LogP contribution in [0, 0.1) is 12.7 Å². The highest BCUT2D eigenvalue weighted by atomic mass is 19.1. The Balaban J connectivity index is 3.09. The first kappa shape index (κ1) is 8.87. The zero-order chi connectivity index (χ0) is 9.14. The van der Waals surface area contributed by atoms with Gasteiger partial charge in [-0.3, -0.25) is 0 Å². The molecule has 0 heterocycles. The third-order valence-corrected chi connectivity index (χ3v) is 1.68. The summed E-state index contributed by atoms with van der Waals surface area (Å²) in [5.41, 5.74) is 1.03. The molecule has 0 aliphatic carbocycles. The van der Waals surface area contributed by atoms with Gasteiger partial charge in [-0.25, -0.2) is 4.39 Å². The van der Waals surface area contributed by atoms with E-state index in [2.05, 4.69) is 0 Å². The number of aryl methyl sites for hydroxylation is 1. The number of carbonyl (C=O) groups is 1. The molecule has 0 bridgehead atoms. The van der Waals surface area contributed by atoms with Crippen LogP contribution in [0.3, 0.4) is 0 Å². The highest BCUT2D eigenvalue weighted by molar-refractivity contribution is 5.60. The lowest BCUT2D eigenvalue weighted by molar-refractivity contribution is -0.115. The van der Waals surface area contributed by atoms with Gasteiger partial charge in [0, 0.05) is 0 Å². The standard InChI is InChI=1S/C9H9FO2/c1-6-4-7(10)2-3-8(6)9(12)5-11/h2-5,9,12H,1H3. The molecular weight excluding hydrogens is 159 g/mol. The predicted molar refractivity (Wildman–Crippen MR) is 42.2 cm³/mol. The average Bonchev–Trinajstić information content (AvgIpc) is 2.03. The molecule has 0 saturated carbocycles. The summed E-state index contributed by atoms with van der Waals surface area (Å²) in [6.45, 7) is 1.64. The molecule has 0 fully saturated rings. The van der Waals surface area contributed by atoms with Crippen molar-refractivity contribution in [3.63, 3.8) is 0 Å². The third kappa shape index (κ3) is 1.68. The van der Waals surface area contributed by atoms with Crippen LogP contribution in [-0.2, 0) is 4.79 Å². The summed E-state index contributed by atoms with van der Waals surface area (Å²) in [5, 5.41) is 9.11. The maximum absolute atomic E-state index is 12.5. The van der Waals surface area contributed by atoms with Gasteiger partial charge in [0.1, 0.15) is 11.9 Å². The first-order valence-corrected chi connectivity index (χ1v) is 3.54. The Morgan fingerprint density at radius 3 is 2.75 bits per heavy atom. The highest BCUT2D eigenvalue weighted by Gasteiger charge is 2.08. The van der Waals surface area contributed by atoms with Crippen LogP contribution in [-0.4, -0.2) is 11.4 Å². The molecule has 3 heteroatoms. The second-order valence-corrected chi connectivity index (χ2v) is 2.58. The van der Waals surface area contributed by atoms with Crippen LogP contribution in [0.5, 0.6) is 0 Å². The molecule has 1 rings (SSSR count). The molecular formula is C9H9FO2. The SMILES string of the molecule is Cc1cc(F)ccc1C(O)C=O. The maximum Gasteiger partial charge on any atom is 0.153 e. The van der Waals surface area contributed by atoms with Crippen LogP contribution >= 0.6 is 0 Å². The largest absolute Gasteiger partial charge is 0.381 e. The van der Waals surface area contributed by atoms with Crippen LogP contribution in [0.1, 0.15) is 17.2 Å². The van der Waals surface area contributed by atoms with Crippen LogP contribution < -0.4 is 0 Å². The highest BCUT2D eigenvalue weighted by Crippen LogP contribution is 2.16. The molecule has 0 aliphatic heterocycles. The zero-order valence-electron chi connectivity index (χ0n) is 6.62. The van der Waals surface area contributed by atoms with E-state index >= 15 is 0 Å². The number of rotatable bonds is 2. The van der Waals surface area contributed by atoms with Gasteiger partial charge in [-0.1, -0.05) is 6.07 Å². The molecule has 12 heavy (non-hydrogen) atoms. The number of aldehydes is 1. The summed E-state index contributed by atoms with van der Waals surface area (Å²) < 4.78 is 12.5. The van der Waals surface area contributed by atoms with E-state index in [4.69, 9.17) is 5.11 Å². The Morgan fingerprint density at radius 1 is 1.58 bits per heavy atom. The summed E-state index contributed by atoms with van der Waals surface area (Å²) in [6, 6.07) is 3.90. The molecule has 0 radical (unpaired) electrons. The molecule has 0 aromatic heterocycles. The monoisotopic (exact) mass is 168 g/mol. The molecule has 0 amide bonds. The minimum absolute atomic E-state index is 0.366. The normalized spacial score (nSPS) is 12.6. The molecule has 64 valence electrons. The number of halogens is 1. The van der Waals surface area contributed by atoms with E-state index in [1.54, 1.807) is 6.92 Å². The topological polar surface area (TPSA) is 37.3 Å². The van der Waals surface area contributed by atoms with Gasteiger partial charge in [0.05, 0.1) is 0 Å². The van der Waals surface area contributed by atoms with Gasteiger partial charge < -0.3 is 9.90 Å². The quantitative estimate of drug-likeness (QED) is 0.677. The van der Waals surface area contributed by atoms with Crippen molar-refractivity contribution >= 4 is 6.29 Å². The predicted octanol–water partition coefficient (Wildman–Crippen LogP) is 1.37. The zero-order valence-corrected chi connectivity index (χ0v) is 6.62. The first-order valence-electron chi connectivity index (χ1n) is 3.54. The van der Waals surface area contributed by atoms with Crippen LogP contribution in [0.2, 0.25) is 0 Å². The number of hydrogen-bond acceptors (Lipinski definition) is 2. The fourth-order valence-corrected chi connectivity index (χ4v) is 1.04. The van der Waals surface area contributed by atoms with Crippen LogP contribution in [0.4, 0.5) is 4.39 Å². The molecule has 0 spiro atoms. The molecule has 1 unspecified atom stereocenters. The fraction of sp³-hybridized carbons (Fsp3) is 0.222. The average molecular weight is 168 g/mol. The fourth-order valence-electron chi connectivity index (χ4n) is 1.04. The lowest BCUT2D eigenvalue weighted by Crippen LogP contribution is -2.00. The first-order chi connectivity index (χ1) is 5.65. The second-order valence-electron chi connectivity index (χ2n) is 2.58. The van der Waals surface area contributed by atoms with Crippen LogP contribution in [0.15, 0.2) is 18.2 Å². The smallest absolute Gasteiger partial charge is 0.153 e. The van der Waals surface area contributed by atoms with E-state index in [1.165, 1.54) is 18.2 Å². The Morgan fingerprint density at radius 2 is 2.25 bits per heavy atom. The molecule has 1 N–H and O–H groups in total.